The van der Waals surface area contributed by atoms with Gasteiger partial charge in [0.25, 0.3) is 0 Å². The molecule has 0 fully saturated rings. The smallest absolute Gasteiger partial charge is 0.139 e. The lowest BCUT2D eigenvalue weighted by Crippen LogP contribution is -2.02. The molecule has 18 heavy (non-hydrogen) atoms. The number of aryl methyl sites for hydroxylation is 2. The van der Waals surface area contributed by atoms with Crippen molar-refractivity contribution in [2.75, 3.05) is 0 Å². The SMILES string of the molecule is Cc1cc(C)c(-n2cccn2)c(-c2ncc[nH]2)c1. The number of H-pyrrole nitrogens is 1. The molecule has 1 aromatic carbocycles. The maximum absolute atomic E-state index is 4.34. The van der Waals surface area contributed by atoms with Crippen molar-refractivity contribution < 1.29 is 0 Å². The molecule has 0 unspecified atom stereocenters. The first-order valence-corrected chi connectivity index (χ1v) is 5.87. The summed E-state index contributed by atoms with van der Waals surface area (Å²) in [7, 11) is 0. The molecular formula is C14H14N4. The van der Waals surface area contributed by atoms with Crippen LogP contribution in [-0.4, -0.2) is 19.7 Å². The van der Waals surface area contributed by atoms with E-state index in [2.05, 4.69) is 41.0 Å². The number of aromatic amines is 1. The number of hydrogen-bond donors (Lipinski definition) is 1. The maximum atomic E-state index is 4.34. The van der Waals surface area contributed by atoms with Crippen molar-refractivity contribution in [3.63, 3.8) is 0 Å². The normalized spacial score (nSPS) is 10.8. The van der Waals surface area contributed by atoms with E-state index in [-0.39, 0.29) is 0 Å². The van der Waals surface area contributed by atoms with Crippen LogP contribution in [0.3, 0.4) is 0 Å². The zero-order valence-corrected chi connectivity index (χ0v) is 10.4. The van der Waals surface area contributed by atoms with Gasteiger partial charge in [-0.3, -0.25) is 0 Å². The third-order valence-electron chi connectivity index (χ3n) is 2.93. The molecule has 0 aliphatic rings. The third-order valence-corrected chi connectivity index (χ3v) is 2.93. The standard InChI is InChI=1S/C14H14N4/c1-10-8-11(2)13(18-7-3-4-17-18)12(9-10)14-15-5-6-16-14/h3-9H,1-2H3,(H,15,16). The fourth-order valence-electron chi connectivity index (χ4n) is 2.26. The monoisotopic (exact) mass is 238 g/mol. The van der Waals surface area contributed by atoms with Crippen molar-refractivity contribution in [2.24, 2.45) is 0 Å². The second kappa shape index (κ2) is 4.14. The predicted molar refractivity (Wildman–Crippen MR) is 70.6 cm³/mol. The Morgan fingerprint density at radius 3 is 2.72 bits per heavy atom. The topological polar surface area (TPSA) is 46.5 Å². The van der Waals surface area contributed by atoms with E-state index >= 15 is 0 Å². The molecule has 3 rings (SSSR count). The average Bonchev–Trinajstić information content (AvgIpc) is 3.01. The molecule has 2 heterocycles. The summed E-state index contributed by atoms with van der Waals surface area (Å²) in [5.74, 6) is 0.868. The van der Waals surface area contributed by atoms with Gasteiger partial charge in [0, 0.05) is 30.4 Å². The first-order chi connectivity index (χ1) is 8.75. The summed E-state index contributed by atoms with van der Waals surface area (Å²) < 4.78 is 1.88. The van der Waals surface area contributed by atoms with Gasteiger partial charge in [-0.15, -0.1) is 0 Å². The number of hydrogen-bond acceptors (Lipinski definition) is 2. The van der Waals surface area contributed by atoms with Crippen LogP contribution in [-0.2, 0) is 0 Å². The maximum Gasteiger partial charge on any atom is 0.139 e. The first kappa shape index (κ1) is 10.8. The molecule has 0 amide bonds. The van der Waals surface area contributed by atoms with Gasteiger partial charge in [0.15, 0.2) is 0 Å². The van der Waals surface area contributed by atoms with E-state index in [1.165, 1.54) is 11.1 Å². The van der Waals surface area contributed by atoms with Crippen LogP contribution in [0.2, 0.25) is 0 Å². The Hall–Kier alpha value is -2.36. The molecular weight excluding hydrogens is 224 g/mol. The number of rotatable bonds is 2. The van der Waals surface area contributed by atoms with Gasteiger partial charge < -0.3 is 4.98 Å². The molecule has 2 aromatic heterocycles. The molecule has 90 valence electrons. The second-order valence-electron chi connectivity index (χ2n) is 4.37. The zero-order chi connectivity index (χ0) is 12.5. The highest BCUT2D eigenvalue weighted by Gasteiger charge is 2.12. The van der Waals surface area contributed by atoms with Crippen LogP contribution in [0.15, 0.2) is 43.0 Å². The molecule has 3 aromatic rings. The second-order valence-corrected chi connectivity index (χ2v) is 4.37. The Bertz CT molecular complexity index is 651. The zero-order valence-electron chi connectivity index (χ0n) is 10.4. The van der Waals surface area contributed by atoms with Gasteiger partial charge in [-0.1, -0.05) is 6.07 Å². The van der Waals surface area contributed by atoms with Gasteiger partial charge in [0.1, 0.15) is 5.82 Å². The highest BCUT2D eigenvalue weighted by atomic mass is 15.3. The quantitative estimate of drug-likeness (QED) is 0.746. The first-order valence-electron chi connectivity index (χ1n) is 5.87. The summed E-state index contributed by atoms with van der Waals surface area (Å²) in [4.78, 5) is 7.50. The number of aromatic nitrogens is 4. The fraction of sp³-hybridized carbons (Fsp3) is 0.143. The predicted octanol–water partition coefficient (Wildman–Crippen LogP) is 2.88. The number of nitrogens with zero attached hydrogens (tertiary/aromatic N) is 3. The van der Waals surface area contributed by atoms with Crippen LogP contribution in [0.5, 0.6) is 0 Å². The van der Waals surface area contributed by atoms with E-state index in [1.54, 1.807) is 12.4 Å². The van der Waals surface area contributed by atoms with Crippen molar-refractivity contribution in [2.45, 2.75) is 13.8 Å². The minimum absolute atomic E-state index is 0.868. The molecule has 0 spiro atoms. The van der Waals surface area contributed by atoms with E-state index in [0.717, 1.165) is 17.1 Å². The molecule has 0 bridgehead atoms. The highest BCUT2D eigenvalue weighted by molar-refractivity contribution is 5.70. The van der Waals surface area contributed by atoms with Crippen molar-refractivity contribution >= 4 is 0 Å². The minimum atomic E-state index is 0.868. The van der Waals surface area contributed by atoms with Crippen LogP contribution in [0, 0.1) is 13.8 Å². The molecule has 4 nitrogen and oxygen atoms in total. The van der Waals surface area contributed by atoms with Crippen LogP contribution in [0.1, 0.15) is 11.1 Å². The number of nitrogens with one attached hydrogen (secondary N) is 1. The van der Waals surface area contributed by atoms with E-state index in [9.17, 15) is 0 Å². The molecule has 0 saturated heterocycles. The summed E-state index contributed by atoms with van der Waals surface area (Å²) in [5, 5.41) is 4.32. The number of imidazole rings is 1. The highest BCUT2D eigenvalue weighted by Crippen LogP contribution is 2.28. The van der Waals surface area contributed by atoms with Crippen LogP contribution in [0.25, 0.3) is 17.1 Å². The van der Waals surface area contributed by atoms with Crippen molar-refractivity contribution in [3.8, 4) is 17.1 Å². The minimum Gasteiger partial charge on any atom is -0.345 e. The van der Waals surface area contributed by atoms with E-state index in [4.69, 9.17) is 0 Å². The van der Waals surface area contributed by atoms with Crippen molar-refractivity contribution in [3.05, 3.63) is 54.1 Å². The molecule has 0 atom stereocenters. The summed E-state index contributed by atoms with van der Waals surface area (Å²) in [6, 6.07) is 6.21. The summed E-state index contributed by atoms with van der Waals surface area (Å²) in [5.41, 5.74) is 4.54. The molecule has 0 aliphatic carbocycles. The molecule has 1 N–H and O–H groups in total. The van der Waals surface area contributed by atoms with Gasteiger partial charge in [-0.05, 0) is 37.1 Å². The van der Waals surface area contributed by atoms with Gasteiger partial charge in [0.05, 0.1) is 5.69 Å². The van der Waals surface area contributed by atoms with E-state index < -0.39 is 0 Å². The summed E-state index contributed by atoms with van der Waals surface area (Å²) >= 11 is 0. The Balaban J connectivity index is 2.30. The van der Waals surface area contributed by atoms with Gasteiger partial charge >= 0.3 is 0 Å². The lowest BCUT2D eigenvalue weighted by molar-refractivity contribution is 0.872. The Morgan fingerprint density at radius 1 is 1.17 bits per heavy atom. The Labute approximate surface area is 105 Å². The largest absolute Gasteiger partial charge is 0.345 e. The van der Waals surface area contributed by atoms with Crippen molar-refractivity contribution in [1.82, 2.24) is 19.7 Å². The van der Waals surface area contributed by atoms with Crippen LogP contribution < -0.4 is 0 Å². The van der Waals surface area contributed by atoms with E-state index in [1.807, 2.05) is 23.1 Å². The van der Waals surface area contributed by atoms with Gasteiger partial charge in [-0.25, -0.2) is 9.67 Å². The van der Waals surface area contributed by atoms with Crippen molar-refractivity contribution in [1.29, 1.82) is 0 Å². The lowest BCUT2D eigenvalue weighted by Gasteiger charge is -2.12. The van der Waals surface area contributed by atoms with Crippen LogP contribution in [0.4, 0.5) is 0 Å². The lowest BCUT2D eigenvalue weighted by atomic mass is 10.0. The van der Waals surface area contributed by atoms with Gasteiger partial charge in [-0.2, -0.15) is 5.10 Å². The molecule has 0 saturated carbocycles. The van der Waals surface area contributed by atoms with E-state index in [0.29, 0.717) is 0 Å². The summed E-state index contributed by atoms with van der Waals surface area (Å²) in [6.45, 7) is 4.18. The average molecular weight is 238 g/mol. The molecule has 0 aliphatic heterocycles. The summed E-state index contributed by atoms with van der Waals surface area (Å²) in [6.07, 6.45) is 7.33. The van der Waals surface area contributed by atoms with Gasteiger partial charge in [0.2, 0.25) is 0 Å². The number of benzene rings is 1. The Morgan fingerprint density at radius 2 is 2.06 bits per heavy atom. The van der Waals surface area contributed by atoms with Crippen LogP contribution >= 0.6 is 0 Å². The third kappa shape index (κ3) is 1.72. The molecule has 4 heteroatoms. The Kier molecular flexibility index (Phi) is 2.48. The molecule has 0 radical (unpaired) electrons. The fourth-order valence-corrected chi connectivity index (χ4v) is 2.26.